The van der Waals surface area contributed by atoms with E-state index in [2.05, 4.69) is 35.9 Å². The predicted molar refractivity (Wildman–Crippen MR) is 111 cm³/mol. The van der Waals surface area contributed by atoms with Crippen molar-refractivity contribution < 1.29 is 4.79 Å². The van der Waals surface area contributed by atoms with Crippen molar-refractivity contribution in [2.24, 2.45) is 0 Å². The van der Waals surface area contributed by atoms with Crippen LogP contribution in [-0.2, 0) is 16.8 Å². The van der Waals surface area contributed by atoms with Gasteiger partial charge < -0.3 is 10.2 Å². The Labute approximate surface area is 163 Å². The van der Waals surface area contributed by atoms with Gasteiger partial charge in [-0.05, 0) is 30.4 Å². The Morgan fingerprint density at radius 3 is 2.22 bits per heavy atom. The number of hydrogen-bond donors (Lipinski definition) is 1. The minimum atomic E-state index is -0.459. The molecule has 0 aliphatic carbocycles. The summed E-state index contributed by atoms with van der Waals surface area (Å²) in [5.74, 6) is 0.137. The summed E-state index contributed by atoms with van der Waals surface area (Å²) in [5.41, 5.74) is 2.99. The van der Waals surface area contributed by atoms with Crippen molar-refractivity contribution in [3.63, 3.8) is 0 Å². The molecule has 0 radical (unpaired) electrons. The van der Waals surface area contributed by atoms with Gasteiger partial charge in [0.2, 0.25) is 5.91 Å². The molecule has 1 fully saturated rings. The van der Waals surface area contributed by atoms with Crippen molar-refractivity contribution in [1.29, 1.82) is 0 Å². The molecule has 1 heterocycles. The van der Waals surface area contributed by atoms with E-state index in [0.29, 0.717) is 6.54 Å². The van der Waals surface area contributed by atoms with Gasteiger partial charge in [-0.2, -0.15) is 0 Å². The van der Waals surface area contributed by atoms with Crippen LogP contribution in [0.25, 0.3) is 0 Å². The second-order valence-corrected chi connectivity index (χ2v) is 7.42. The SMILES string of the molecule is C=C(CCC)N1CCC(C(=O)NCc2ccccc2)(c2ccccc2)CC1. The number of nitrogens with one attached hydrogen (secondary N) is 1. The molecule has 0 aromatic heterocycles. The second kappa shape index (κ2) is 8.90. The van der Waals surface area contributed by atoms with Gasteiger partial charge in [0.15, 0.2) is 0 Å². The Balaban J connectivity index is 1.76. The molecular formula is C24H30N2O. The first kappa shape index (κ1) is 19.2. The third-order valence-electron chi connectivity index (χ3n) is 5.66. The number of allylic oxidation sites excluding steroid dienone is 1. The maximum absolute atomic E-state index is 13.3. The summed E-state index contributed by atoms with van der Waals surface area (Å²) in [6.07, 6.45) is 3.77. The zero-order valence-electron chi connectivity index (χ0n) is 16.3. The smallest absolute Gasteiger partial charge is 0.231 e. The van der Waals surface area contributed by atoms with Crippen molar-refractivity contribution in [3.05, 3.63) is 84.1 Å². The van der Waals surface area contributed by atoms with Gasteiger partial charge in [-0.15, -0.1) is 0 Å². The summed E-state index contributed by atoms with van der Waals surface area (Å²) in [6, 6.07) is 20.4. The molecule has 0 spiro atoms. The summed E-state index contributed by atoms with van der Waals surface area (Å²) < 4.78 is 0. The van der Waals surface area contributed by atoms with E-state index in [0.717, 1.165) is 49.9 Å². The summed E-state index contributed by atoms with van der Waals surface area (Å²) in [6.45, 7) is 8.75. The van der Waals surface area contributed by atoms with E-state index in [4.69, 9.17) is 0 Å². The molecule has 2 aromatic rings. The van der Waals surface area contributed by atoms with Crippen molar-refractivity contribution in [2.75, 3.05) is 13.1 Å². The lowest BCUT2D eigenvalue weighted by Gasteiger charge is -2.42. The lowest BCUT2D eigenvalue weighted by atomic mass is 9.71. The van der Waals surface area contributed by atoms with E-state index in [1.165, 1.54) is 5.70 Å². The molecule has 0 unspecified atom stereocenters. The number of rotatable bonds is 7. The minimum Gasteiger partial charge on any atom is -0.375 e. The fourth-order valence-electron chi connectivity index (χ4n) is 4.00. The van der Waals surface area contributed by atoms with E-state index in [1.807, 2.05) is 48.5 Å². The highest BCUT2D eigenvalue weighted by molar-refractivity contribution is 5.88. The highest BCUT2D eigenvalue weighted by atomic mass is 16.2. The Morgan fingerprint density at radius 2 is 1.63 bits per heavy atom. The van der Waals surface area contributed by atoms with E-state index < -0.39 is 5.41 Å². The summed E-state index contributed by atoms with van der Waals surface area (Å²) in [4.78, 5) is 15.7. The predicted octanol–water partition coefficient (Wildman–Crippen LogP) is 4.65. The number of nitrogens with zero attached hydrogens (tertiary/aromatic N) is 1. The highest BCUT2D eigenvalue weighted by Gasteiger charge is 2.42. The maximum atomic E-state index is 13.3. The number of piperidine rings is 1. The van der Waals surface area contributed by atoms with Crippen LogP contribution in [0.1, 0.15) is 43.7 Å². The molecule has 3 heteroatoms. The summed E-state index contributed by atoms with van der Waals surface area (Å²) in [5, 5.41) is 3.20. The average Bonchev–Trinajstić information content (AvgIpc) is 2.73. The van der Waals surface area contributed by atoms with Crippen LogP contribution in [0.15, 0.2) is 72.9 Å². The average molecular weight is 363 g/mol. The second-order valence-electron chi connectivity index (χ2n) is 7.42. The number of benzene rings is 2. The summed E-state index contributed by atoms with van der Waals surface area (Å²) >= 11 is 0. The monoisotopic (exact) mass is 362 g/mol. The van der Waals surface area contributed by atoms with E-state index in [1.54, 1.807) is 0 Å². The first-order chi connectivity index (χ1) is 13.2. The molecule has 1 saturated heterocycles. The van der Waals surface area contributed by atoms with Gasteiger partial charge in [0.05, 0.1) is 5.41 Å². The van der Waals surface area contributed by atoms with Crippen LogP contribution in [-0.4, -0.2) is 23.9 Å². The zero-order chi connectivity index (χ0) is 19.1. The standard InChI is InChI=1S/C24H30N2O/c1-3-10-20(2)26-17-15-24(16-18-26,22-13-8-5-9-14-22)23(27)25-19-21-11-6-4-7-12-21/h4-9,11-14H,2-3,10,15-19H2,1H3,(H,25,27). The third kappa shape index (κ3) is 4.41. The van der Waals surface area contributed by atoms with Gasteiger partial charge in [-0.3, -0.25) is 4.79 Å². The lowest BCUT2D eigenvalue weighted by molar-refractivity contribution is -0.128. The van der Waals surface area contributed by atoms with Crippen LogP contribution < -0.4 is 5.32 Å². The van der Waals surface area contributed by atoms with Gasteiger partial charge in [0, 0.05) is 25.3 Å². The van der Waals surface area contributed by atoms with Gasteiger partial charge in [0.1, 0.15) is 0 Å². The molecule has 0 saturated carbocycles. The third-order valence-corrected chi connectivity index (χ3v) is 5.66. The molecule has 1 aliphatic heterocycles. The fourth-order valence-corrected chi connectivity index (χ4v) is 4.00. The van der Waals surface area contributed by atoms with Crippen LogP contribution in [0.3, 0.4) is 0 Å². The first-order valence-corrected chi connectivity index (χ1v) is 9.96. The molecule has 0 bridgehead atoms. The molecule has 142 valence electrons. The van der Waals surface area contributed by atoms with E-state index in [9.17, 15) is 4.79 Å². The Bertz CT molecular complexity index is 746. The van der Waals surface area contributed by atoms with Crippen molar-refractivity contribution in [3.8, 4) is 0 Å². The molecule has 3 rings (SSSR count). The van der Waals surface area contributed by atoms with Gasteiger partial charge in [-0.1, -0.05) is 80.6 Å². The van der Waals surface area contributed by atoms with Crippen LogP contribution in [0.2, 0.25) is 0 Å². The Morgan fingerprint density at radius 1 is 1.04 bits per heavy atom. The number of hydrogen-bond acceptors (Lipinski definition) is 2. The molecule has 1 amide bonds. The fraction of sp³-hybridized carbons (Fsp3) is 0.375. The Hall–Kier alpha value is -2.55. The minimum absolute atomic E-state index is 0.137. The van der Waals surface area contributed by atoms with Crippen LogP contribution in [0.4, 0.5) is 0 Å². The number of carbonyl (C=O) groups excluding carboxylic acids is 1. The molecule has 0 atom stereocenters. The van der Waals surface area contributed by atoms with Gasteiger partial charge >= 0.3 is 0 Å². The Kier molecular flexibility index (Phi) is 6.33. The normalized spacial score (nSPS) is 16.0. The number of amides is 1. The molecule has 2 aromatic carbocycles. The molecular weight excluding hydrogens is 332 g/mol. The quantitative estimate of drug-likeness (QED) is 0.777. The van der Waals surface area contributed by atoms with E-state index in [-0.39, 0.29) is 5.91 Å². The molecule has 1 N–H and O–H groups in total. The van der Waals surface area contributed by atoms with Crippen molar-refractivity contribution in [1.82, 2.24) is 10.2 Å². The topological polar surface area (TPSA) is 32.3 Å². The van der Waals surface area contributed by atoms with Crippen molar-refractivity contribution >= 4 is 5.91 Å². The summed E-state index contributed by atoms with van der Waals surface area (Å²) in [7, 11) is 0. The number of carbonyl (C=O) groups is 1. The molecule has 27 heavy (non-hydrogen) atoms. The largest absolute Gasteiger partial charge is 0.375 e. The first-order valence-electron chi connectivity index (χ1n) is 9.96. The van der Waals surface area contributed by atoms with Gasteiger partial charge in [0.25, 0.3) is 0 Å². The lowest BCUT2D eigenvalue weighted by Crippen LogP contribution is -2.51. The van der Waals surface area contributed by atoms with Gasteiger partial charge in [-0.25, -0.2) is 0 Å². The van der Waals surface area contributed by atoms with Crippen LogP contribution in [0.5, 0.6) is 0 Å². The van der Waals surface area contributed by atoms with Crippen molar-refractivity contribution in [2.45, 2.75) is 44.6 Å². The van der Waals surface area contributed by atoms with Crippen LogP contribution >= 0.6 is 0 Å². The molecule has 3 nitrogen and oxygen atoms in total. The molecule has 1 aliphatic rings. The zero-order valence-corrected chi connectivity index (χ0v) is 16.3. The maximum Gasteiger partial charge on any atom is 0.231 e. The van der Waals surface area contributed by atoms with E-state index >= 15 is 0 Å². The highest BCUT2D eigenvalue weighted by Crippen LogP contribution is 2.37. The number of likely N-dealkylation sites (tertiary alicyclic amines) is 1. The van der Waals surface area contributed by atoms with Crippen LogP contribution in [0, 0.1) is 0 Å².